The van der Waals surface area contributed by atoms with E-state index >= 15 is 0 Å². The molecule has 0 fully saturated rings. The molecule has 1 atom stereocenters. The van der Waals surface area contributed by atoms with Crippen molar-refractivity contribution in [3.8, 4) is 0 Å². The van der Waals surface area contributed by atoms with Gasteiger partial charge in [0, 0.05) is 13.1 Å². The molecule has 0 spiro atoms. The van der Waals surface area contributed by atoms with E-state index in [1.54, 1.807) is 13.8 Å². The summed E-state index contributed by atoms with van der Waals surface area (Å²) in [5, 5.41) is 7.34. The van der Waals surface area contributed by atoms with Crippen LogP contribution >= 0.6 is 0 Å². The molecule has 0 heterocycles. The van der Waals surface area contributed by atoms with Crippen LogP contribution in [0.5, 0.6) is 0 Å². The largest absolute Gasteiger partial charge is 0.448 e. The molecular formula is C9H18N4O4. The maximum absolute atomic E-state index is 11.4. The summed E-state index contributed by atoms with van der Waals surface area (Å²) in [6.45, 7) is 4.10. The average Bonchev–Trinajstić information content (AvgIpc) is 2.23. The lowest BCUT2D eigenvalue weighted by Crippen LogP contribution is -2.48. The Morgan fingerprint density at radius 2 is 2.00 bits per heavy atom. The third kappa shape index (κ3) is 8.03. The van der Waals surface area contributed by atoms with E-state index in [9.17, 15) is 14.4 Å². The number of ether oxygens (including phenoxy) is 1. The lowest BCUT2D eigenvalue weighted by Gasteiger charge is -2.13. The monoisotopic (exact) mass is 246 g/mol. The van der Waals surface area contributed by atoms with Crippen LogP contribution in [0.15, 0.2) is 0 Å². The second kappa shape index (κ2) is 8.34. The molecule has 0 aromatic carbocycles. The first-order valence-electron chi connectivity index (χ1n) is 5.21. The molecule has 98 valence electrons. The number of nitrogens with one attached hydrogen (secondary N) is 3. The Morgan fingerprint density at radius 1 is 1.35 bits per heavy atom. The molecule has 0 aliphatic carbocycles. The number of urea groups is 1. The van der Waals surface area contributed by atoms with E-state index in [0.29, 0.717) is 6.54 Å². The Kier molecular flexibility index (Phi) is 7.44. The third-order valence-corrected chi connectivity index (χ3v) is 1.76. The maximum atomic E-state index is 11.4. The number of hydrogen-bond donors (Lipinski definition) is 4. The summed E-state index contributed by atoms with van der Waals surface area (Å²) in [6.07, 6.45) is -0.869. The molecule has 8 heteroatoms. The zero-order chi connectivity index (χ0) is 13.3. The normalized spacial score (nSPS) is 11.4. The quantitative estimate of drug-likeness (QED) is 0.443. The van der Waals surface area contributed by atoms with Gasteiger partial charge in [-0.05, 0) is 13.8 Å². The molecule has 0 aliphatic rings. The lowest BCUT2D eigenvalue weighted by atomic mass is 10.3. The molecule has 0 rings (SSSR count). The highest BCUT2D eigenvalue weighted by molar-refractivity contribution is 5.96. The molecular weight excluding hydrogens is 228 g/mol. The zero-order valence-electron chi connectivity index (χ0n) is 9.91. The Morgan fingerprint density at radius 3 is 2.53 bits per heavy atom. The molecule has 0 saturated heterocycles. The van der Waals surface area contributed by atoms with Crippen molar-refractivity contribution in [2.75, 3.05) is 19.7 Å². The van der Waals surface area contributed by atoms with Crippen molar-refractivity contribution in [3.05, 3.63) is 0 Å². The summed E-state index contributed by atoms with van der Waals surface area (Å²) >= 11 is 0. The van der Waals surface area contributed by atoms with Crippen LogP contribution < -0.4 is 21.7 Å². The van der Waals surface area contributed by atoms with Crippen LogP contribution in [0.1, 0.15) is 13.8 Å². The first-order chi connectivity index (χ1) is 7.97. The Bertz CT molecular complexity index is 282. The fourth-order valence-electron chi connectivity index (χ4n) is 0.945. The van der Waals surface area contributed by atoms with E-state index in [1.807, 2.05) is 0 Å². The fourth-order valence-corrected chi connectivity index (χ4v) is 0.945. The molecule has 8 nitrogen and oxygen atoms in total. The number of hydrogen-bond acceptors (Lipinski definition) is 5. The topological polar surface area (TPSA) is 123 Å². The molecule has 0 aliphatic heterocycles. The number of nitrogens with two attached hydrogens (primary N) is 1. The first kappa shape index (κ1) is 15.2. The van der Waals surface area contributed by atoms with Crippen molar-refractivity contribution < 1.29 is 19.1 Å². The van der Waals surface area contributed by atoms with E-state index in [4.69, 9.17) is 5.73 Å². The second-order valence-electron chi connectivity index (χ2n) is 3.19. The van der Waals surface area contributed by atoms with E-state index in [2.05, 4.69) is 20.7 Å². The van der Waals surface area contributed by atoms with Gasteiger partial charge in [0.25, 0.3) is 0 Å². The van der Waals surface area contributed by atoms with Gasteiger partial charge in [-0.25, -0.2) is 9.59 Å². The van der Waals surface area contributed by atoms with E-state index in [-0.39, 0.29) is 13.2 Å². The minimum absolute atomic E-state index is 0.0636. The Labute approximate surface area is 99.2 Å². The van der Waals surface area contributed by atoms with Gasteiger partial charge in [0.15, 0.2) is 0 Å². The highest BCUT2D eigenvalue weighted by Crippen LogP contribution is 1.82. The van der Waals surface area contributed by atoms with E-state index in [1.165, 1.54) is 0 Å². The van der Waals surface area contributed by atoms with Gasteiger partial charge in [-0.1, -0.05) is 0 Å². The molecule has 0 aromatic heterocycles. The SMILES string of the molecule is CCNC(=O)NC(=O)C(C)NCCOC(N)=O. The number of amides is 4. The molecule has 0 radical (unpaired) electrons. The van der Waals surface area contributed by atoms with Gasteiger partial charge in [0.2, 0.25) is 5.91 Å². The van der Waals surface area contributed by atoms with Crippen molar-refractivity contribution in [2.24, 2.45) is 5.73 Å². The summed E-state index contributed by atoms with van der Waals surface area (Å²) in [5.74, 6) is -0.463. The summed E-state index contributed by atoms with van der Waals surface area (Å²) in [5.41, 5.74) is 4.75. The van der Waals surface area contributed by atoms with Gasteiger partial charge in [-0.15, -0.1) is 0 Å². The third-order valence-electron chi connectivity index (χ3n) is 1.76. The van der Waals surface area contributed by atoms with Crippen molar-refractivity contribution in [2.45, 2.75) is 19.9 Å². The predicted molar refractivity (Wildman–Crippen MR) is 60.2 cm³/mol. The van der Waals surface area contributed by atoms with Gasteiger partial charge >= 0.3 is 12.1 Å². The van der Waals surface area contributed by atoms with Crippen LogP contribution in [0.4, 0.5) is 9.59 Å². The van der Waals surface area contributed by atoms with E-state index in [0.717, 1.165) is 0 Å². The standard InChI is InChI=1S/C9H18N4O4/c1-3-11-9(16)13-7(14)6(2)12-4-5-17-8(10)15/h6,12H,3-5H2,1-2H3,(H2,10,15)(H2,11,13,14,16). The number of primary amides is 1. The fraction of sp³-hybridized carbons (Fsp3) is 0.667. The molecule has 5 N–H and O–H groups in total. The summed E-state index contributed by atoms with van der Waals surface area (Å²) in [6, 6.07) is -1.12. The van der Waals surface area contributed by atoms with Crippen molar-refractivity contribution >= 4 is 18.0 Å². The summed E-state index contributed by atoms with van der Waals surface area (Å²) < 4.78 is 4.46. The van der Waals surface area contributed by atoms with Crippen LogP contribution in [0.25, 0.3) is 0 Å². The van der Waals surface area contributed by atoms with Crippen molar-refractivity contribution in [1.82, 2.24) is 16.0 Å². The van der Waals surface area contributed by atoms with Crippen LogP contribution in [-0.4, -0.2) is 43.8 Å². The second-order valence-corrected chi connectivity index (χ2v) is 3.19. The summed E-state index contributed by atoms with van der Waals surface area (Å²) in [7, 11) is 0. The van der Waals surface area contributed by atoms with Gasteiger partial charge in [-0.3, -0.25) is 10.1 Å². The molecule has 17 heavy (non-hydrogen) atoms. The highest BCUT2D eigenvalue weighted by atomic mass is 16.5. The number of carbonyl (C=O) groups is 3. The van der Waals surface area contributed by atoms with Gasteiger partial charge in [-0.2, -0.15) is 0 Å². The molecule has 0 saturated carbocycles. The number of rotatable bonds is 6. The van der Waals surface area contributed by atoms with Crippen molar-refractivity contribution in [3.63, 3.8) is 0 Å². The molecule has 0 bridgehead atoms. The predicted octanol–water partition coefficient (Wildman–Crippen LogP) is -1.09. The maximum Gasteiger partial charge on any atom is 0.404 e. The van der Waals surface area contributed by atoms with Crippen LogP contribution in [0, 0.1) is 0 Å². The zero-order valence-corrected chi connectivity index (χ0v) is 9.91. The minimum Gasteiger partial charge on any atom is -0.448 e. The smallest absolute Gasteiger partial charge is 0.404 e. The molecule has 0 aromatic rings. The minimum atomic E-state index is -0.869. The van der Waals surface area contributed by atoms with E-state index < -0.39 is 24.1 Å². The average molecular weight is 246 g/mol. The lowest BCUT2D eigenvalue weighted by molar-refractivity contribution is -0.121. The van der Waals surface area contributed by atoms with Gasteiger partial charge in [0.1, 0.15) is 6.61 Å². The Hall–Kier alpha value is -1.83. The molecule has 4 amide bonds. The Balaban J connectivity index is 3.74. The van der Waals surface area contributed by atoms with Crippen LogP contribution in [0.3, 0.4) is 0 Å². The van der Waals surface area contributed by atoms with Crippen LogP contribution in [-0.2, 0) is 9.53 Å². The first-order valence-corrected chi connectivity index (χ1v) is 5.21. The number of carbonyl (C=O) groups excluding carboxylic acids is 3. The van der Waals surface area contributed by atoms with Gasteiger partial charge < -0.3 is 21.1 Å². The number of imide groups is 1. The summed E-state index contributed by atoms with van der Waals surface area (Å²) in [4.78, 5) is 32.6. The van der Waals surface area contributed by atoms with Crippen molar-refractivity contribution in [1.29, 1.82) is 0 Å². The van der Waals surface area contributed by atoms with Gasteiger partial charge in [0.05, 0.1) is 6.04 Å². The molecule has 1 unspecified atom stereocenters. The van der Waals surface area contributed by atoms with Crippen LogP contribution in [0.2, 0.25) is 0 Å². The highest BCUT2D eigenvalue weighted by Gasteiger charge is 2.14.